The van der Waals surface area contributed by atoms with Gasteiger partial charge < -0.3 is 19.9 Å². The number of benzene rings is 6. The predicted octanol–water partition coefficient (Wildman–Crippen LogP) is 10.4. The van der Waals surface area contributed by atoms with Crippen LogP contribution in [0.2, 0.25) is 0 Å². The highest BCUT2D eigenvalue weighted by molar-refractivity contribution is 6.10. The summed E-state index contributed by atoms with van der Waals surface area (Å²) in [5.74, 6) is 0.985. The summed E-state index contributed by atoms with van der Waals surface area (Å²) < 4.78 is 12.2. The molecule has 54 heavy (non-hydrogen) atoms. The summed E-state index contributed by atoms with van der Waals surface area (Å²) in [6, 6.07) is 42.5. The van der Waals surface area contributed by atoms with Crippen LogP contribution in [0, 0.1) is 6.92 Å². The van der Waals surface area contributed by atoms with Gasteiger partial charge in [-0.3, -0.25) is 20.4 Å². The molecular weight excluding hydrogens is 684 g/mol. The van der Waals surface area contributed by atoms with E-state index in [2.05, 4.69) is 41.7 Å². The first-order chi connectivity index (χ1) is 26.1. The smallest absolute Gasteiger partial charge is 0.336 e. The molecule has 0 aliphatic heterocycles. The maximum Gasteiger partial charge on any atom is 0.336 e. The van der Waals surface area contributed by atoms with Crippen molar-refractivity contribution in [2.24, 2.45) is 0 Å². The van der Waals surface area contributed by atoms with E-state index in [9.17, 15) is 14.7 Å². The van der Waals surface area contributed by atoms with Crippen molar-refractivity contribution >= 4 is 23.3 Å². The maximum absolute atomic E-state index is 12.8. The second kappa shape index (κ2) is 16.9. The molecule has 1 amide bonds. The molecule has 0 fully saturated rings. The fourth-order valence-electron chi connectivity index (χ4n) is 5.85. The molecule has 0 aliphatic carbocycles. The Labute approximate surface area is 313 Å². The molecule has 0 saturated carbocycles. The lowest BCUT2D eigenvalue weighted by atomic mass is 9.78. The summed E-state index contributed by atoms with van der Waals surface area (Å²) in [4.78, 5) is 34.3. The van der Waals surface area contributed by atoms with Crippen LogP contribution >= 0.6 is 0 Å². The molecule has 10 heteroatoms. The molecule has 0 aliphatic rings. The number of carbonyl (C=O) groups is 2. The van der Waals surface area contributed by atoms with Crippen LogP contribution in [0.3, 0.4) is 0 Å². The maximum atomic E-state index is 12.8. The second-order valence-electron chi connectivity index (χ2n) is 13.2. The summed E-state index contributed by atoms with van der Waals surface area (Å²) in [5.41, 5.74) is 8.69. The van der Waals surface area contributed by atoms with Crippen molar-refractivity contribution in [2.75, 3.05) is 10.8 Å². The molecule has 6 aromatic carbocycles. The van der Waals surface area contributed by atoms with Crippen molar-refractivity contribution in [2.45, 2.75) is 39.4 Å². The van der Waals surface area contributed by atoms with E-state index < -0.39 is 11.9 Å². The van der Waals surface area contributed by atoms with Crippen LogP contribution in [0.4, 0.5) is 11.4 Å². The molecule has 10 nitrogen and oxygen atoms in total. The van der Waals surface area contributed by atoms with Gasteiger partial charge in [-0.05, 0) is 114 Å². The molecule has 6 rings (SSSR count). The second-order valence-corrected chi connectivity index (χ2v) is 13.2. The highest BCUT2D eigenvalue weighted by Crippen LogP contribution is 2.35. The summed E-state index contributed by atoms with van der Waals surface area (Å²) in [6.07, 6.45) is 0. The fraction of sp³-hybridized carbons (Fsp3) is 0.136. The number of carboxylic acid groups (broad SMARTS) is 1. The first-order valence-electron chi connectivity index (χ1n) is 17.2. The zero-order chi connectivity index (χ0) is 38.1. The van der Waals surface area contributed by atoms with E-state index in [0.29, 0.717) is 35.3 Å². The van der Waals surface area contributed by atoms with E-state index in [0.717, 1.165) is 33.5 Å². The molecule has 0 aromatic heterocycles. The van der Waals surface area contributed by atoms with E-state index >= 15 is 0 Å². The number of ether oxygens (including phenoxy) is 2. The van der Waals surface area contributed by atoms with Gasteiger partial charge in [-0.2, -0.15) is 0 Å². The Morgan fingerprint density at radius 1 is 0.611 bits per heavy atom. The van der Waals surface area contributed by atoms with Gasteiger partial charge in [-0.1, -0.05) is 74.0 Å². The number of rotatable bonds is 15. The molecule has 0 atom stereocenters. The lowest BCUT2D eigenvalue weighted by molar-refractivity contribution is -0.253. The number of carboxylic acids is 1. The van der Waals surface area contributed by atoms with Crippen LogP contribution in [-0.4, -0.2) is 22.2 Å². The summed E-state index contributed by atoms with van der Waals surface area (Å²) in [6.45, 7) is 6.49. The van der Waals surface area contributed by atoms with Crippen molar-refractivity contribution in [1.82, 2.24) is 0 Å². The normalized spacial score (nSPS) is 11.1. The average Bonchev–Trinajstić information content (AvgIpc) is 3.17. The molecular formula is C44H40N2O8. The summed E-state index contributed by atoms with van der Waals surface area (Å²) >= 11 is 0. The van der Waals surface area contributed by atoms with Gasteiger partial charge in [0.05, 0.1) is 23.4 Å². The van der Waals surface area contributed by atoms with Gasteiger partial charge >= 0.3 is 5.97 Å². The number of hydrogen-bond acceptors (Lipinski definition) is 8. The molecule has 0 radical (unpaired) electrons. The largest absolute Gasteiger partial charge is 0.478 e. The molecule has 0 heterocycles. The Bertz CT molecular complexity index is 2200. The van der Waals surface area contributed by atoms with Crippen molar-refractivity contribution in [3.63, 3.8) is 0 Å². The number of hydrogen-bond donors (Lipinski definition) is 4. The highest BCUT2D eigenvalue weighted by Gasteiger charge is 2.23. The molecule has 0 bridgehead atoms. The number of aryl methyl sites for hydroxylation is 1. The van der Waals surface area contributed by atoms with Gasteiger partial charge in [0.1, 0.15) is 29.6 Å². The van der Waals surface area contributed by atoms with Gasteiger partial charge in [-0.15, -0.1) is 0 Å². The molecule has 0 saturated heterocycles. The highest BCUT2D eigenvalue weighted by atomic mass is 17.1. The Hall–Kier alpha value is -6.46. The van der Waals surface area contributed by atoms with Crippen molar-refractivity contribution in [3.8, 4) is 23.0 Å². The van der Waals surface area contributed by atoms with Crippen LogP contribution in [0.25, 0.3) is 0 Å². The molecule has 4 N–H and O–H groups in total. The number of nitrogens with one attached hydrogen (secondary N) is 2. The van der Waals surface area contributed by atoms with Gasteiger partial charge in [0.15, 0.2) is 0 Å². The predicted molar refractivity (Wildman–Crippen MR) is 206 cm³/mol. The monoisotopic (exact) mass is 724 g/mol. The molecule has 274 valence electrons. The van der Waals surface area contributed by atoms with Crippen LogP contribution in [0.15, 0.2) is 140 Å². The van der Waals surface area contributed by atoms with Gasteiger partial charge in [-0.25, -0.2) is 9.68 Å². The Balaban J connectivity index is 1.00. The topological polar surface area (TPSA) is 136 Å². The minimum absolute atomic E-state index is 0.0455. The van der Waals surface area contributed by atoms with E-state index in [-0.39, 0.29) is 23.1 Å². The van der Waals surface area contributed by atoms with Crippen LogP contribution in [-0.2, 0) is 28.4 Å². The van der Waals surface area contributed by atoms with Crippen molar-refractivity contribution in [3.05, 3.63) is 178 Å². The molecule has 0 unspecified atom stereocenters. The van der Waals surface area contributed by atoms with Crippen molar-refractivity contribution in [1.29, 1.82) is 0 Å². The first kappa shape index (κ1) is 37.3. The quantitative estimate of drug-likeness (QED) is 0.0603. The molecule has 6 aromatic rings. The Kier molecular flexibility index (Phi) is 11.7. The van der Waals surface area contributed by atoms with E-state index in [1.165, 1.54) is 12.1 Å². The summed E-state index contributed by atoms with van der Waals surface area (Å²) in [7, 11) is 0. The first-order valence-corrected chi connectivity index (χ1v) is 17.2. The van der Waals surface area contributed by atoms with Gasteiger partial charge in [0, 0.05) is 11.1 Å². The van der Waals surface area contributed by atoms with Crippen LogP contribution in [0.1, 0.15) is 62.4 Å². The number of aromatic carboxylic acids is 1. The van der Waals surface area contributed by atoms with Crippen LogP contribution in [0.5, 0.6) is 23.0 Å². The third-order valence-corrected chi connectivity index (χ3v) is 9.00. The van der Waals surface area contributed by atoms with Gasteiger partial charge in [0.2, 0.25) is 0 Å². The minimum Gasteiger partial charge on any atom is -0.478 e. The fourth-order valence-corrected chi connectivity index (χ4v) is 5.85. The average molecular weight is 725 g/mol. The summed E-state index contributed by atoms with van der Waals surface area (Å²) in [5, 5.41) is 21.1. The van der Waals surface area contributed by atoms with E-state index in [1.54, 1.807) is 37.3 Å². The number of amides is 1. The minimum atomic E-state index is -1.16. The SMILES string of the molecule is Cc1ccc(C(=O)Nc2ccc(Oc3ccc(C(C)(C)c4ccc(Oc5ccc(NOCc6ccccc6COO)cc5)cc4)cc3)cc2)c(C(=O)O)c1. The zero-order valence-electron chi connectivity index (χ0n) is 30.0. The number of anilines is 2. The van der Waals surface area contributed by atoms with E-state index in [4.69, 9.17) is 19.6 Å². The van der Waals surface area contributed by atoms with E-state index in [1.807, 2.05) is 84.9 Å². The third-order valence-electron chi connectivity index (χ3n) is 9.00. The lowest BCUT2D eigenvalue weighted by Crippen LogP contribution is -2.18. The Morgan fingerprint density at radius 2 is 1.09 bits per heavy atom. The standard InChI is InChI=1S/C44H40N2O8/c1-29-8-25-40(41(26-29)43(48)49)42(47)45-34-13-21-38(22-14-34)53-36-17-9-32(10-18-36)44(2,3)33-11-19-37(20-12-33)54-39-23-15-35(16-24-39)46-51-27-30-6-4-5-7-31(30)28-52-50/h4-26,46,50H,27-28H2,1-3H3,(H,45,47)(H,48,49). The lowest BCUT2D eigenvalue weighted by Gasteiger charge is -2.26. The van der Waals surface area contributed by atoms with Gasteiger partial charge in [0.25, 0.3) is 5.91 Å². The number of carbonyl (C=O) groups excluding carboxylic acids is 1. The zero-order valence-corrected chi connectivity index (χ0v) is 30.0. The molecule has 0 spiro atoms. The van der Waals surface area contributed by atoms with Crippen LogP contribution < -0.4 is 20.3 Å². The van der Waals surface area contributed by atoms with Crippen molar-refractivity contribution < 1.29 is 39.2 Å². The Morgan fingerprint density at radius 3 is 1.59 bits per heavy atom. The third kappa shape index (κ3) is 9.30.